The molecule has 1 aromatic heterocycles. The molecular formula is C56H43NS. The van der Waals surface area contributed by atoms with E-state index in [-0.39, 0.29) is 5.41 Å². The van der Waals surface area contributed by atoms with Crippen molar-refractivity contribution >= 4 is 59.3 Å². The quantitative estimate of drug-likeness (QED) is 0.169. The Labute approximate surface area is 344 Å². The number of hydrogen-bond donors (Lipinski definition) is 0. The molecular weight excluding hydrogens is 719 g/mol. The van der Waals surface area contributed by atoms with Crippen molar-refractivity contribution in [1.29, 1.82) is 0 Å². The van der Waals surface area contributed by atoms with Gasteiger partial charge in [0.1, 0.15) is 0 Å². The molecule has 14 rings (SSSR count). The zero-order chi connectivity index (χ0) is 38.0. The molecule has 2 heteroatoms. The van der Waals surface area contributed by atoms with E-state index >= 15 is 0 Å². The normalized spacial score (nSPS) is 22.6. The minimum Gasteiger partial charge on any atom is -0.309 e. The fourth-order valence-corrected chi connectivity index (χ4v) is 14.0. The molecule has 0 saturated heterocycles. The monoisotopic (exact) mass is 761 g/mol. The number of rotatable bonds is 5. The van der Waals surface area contributed by atoms with Crippen molar-refractivity contribution in [2.45, 2.75) is 37.5 Å². The molecule has 5 aliphatic rings. The number of thiophene rings is 1. The largest absolute Gasteiger partial charge is 0.309 e. The number of benzene rings is 8. The molecule has 0 unspecified atom stereocenters. The van der Waals surface area contributed by atoms with Gasteiger partial charge in [0.05, 0.1) is 11.4 Å². The Morgan fingerprint density at radius 3 is 1.86 bits per heavy atom. The molecule has 0 atom stereocenters. The minimum absolute atomic E-state index is 0.188. The summed E-state index contributed by atoms with van der Waals surface area (Å²) >= 11 is 1.88. The molecule has 4 saturated carbocycles. The topological polar surface area (TPSA) is 3.24 Å². The van der Waals surface area contributed by atoms with Crippen LogP contribution in [0.1, 0.15) is 43.2 Å². The average Bonchev–Trinajstić information content (AvgIpc) is 3.80. The highest BCUT2D eigenvalue weighted by Gasteiger charge is 2.61. The van der Waals surface area contributed by atoms with Crippen LogP contribution in [0.25, 0.3) is 64.3 Å². The van der Waals surface area contributed by atoms with Gasteiger partial charge in [-0.15, -0.1) is 11.3 Å². The first-order chi connectivity index (χ1) is 28.7. The van der Waals surface area contributed by atoms with Crippen LogP contribution in [0.2, 0.25) is 0 Å². The van der Waals surface area contributed by atoms with Gasteiger partial charge < -0.3 is 4.90 Å². The van der Waals surface area contributed by atoms with Gasteiger partial charge in [-0.2, -0.15) is 0 Å². The van der Waals surface area contributed by atoms with Crippen molar-refractivity contribution < 1.29 is 0 Å². The summed E-state index contributed by atoms with van der Waals surface area (Å²) in [5, 5.41) is 5.14. The molecule has 5 aliphatic carbocycles. The lowest BCUT2D eigenvalue weighted by Gasteiger charge is -2.61. The summed E-state index contributed by atoms with van der Waals surface area (Å²) in [5.41, 5.74) is 15.0. The van der Waals surface area contributed by atoms with E-state index in [0.29, 0.717) is 0 Å². The smallest absolute Gasteiger partial charge is 0.0555 e. The first kappa shape index (κ1) is 33.1. The van der Waals surface area contributed by atoms with Crippen LogP contribution in [-0.2, 0) is 5.41 Å². The predicted molar refractivity (Wildman–Crippen MR) is 246 cm³/mol. The Morgan fingerprint density at radius 1 is 0.414 bits per heavy atom. The van der Waals surface area contributed by atoms with E-state index in [1.165, 1.54) is 108 Å². The van der Waals surface area contributed by atoms with E-state index in [4.69, 9.17) is 0 Å². The number of nitrogens with zero attached hydrogens (tertiary/aromatic N) is 1. The maximum atomic E-state index is 2.57. The standard InChI is InChI=1S/C56H43NS/c1-2-11-37(12-3-1)38-21-24-42(25-22-38)57(52-18-10-20-54-55(52)47-16-7-9-19-53(47)58-54)51-28-26-43(44-13-4-5-15-46(44)51)39-23-27-50-48(34-39)45-14-6-8-17-49(45)56(50)40-30-35-29-36(32-40)33-41(56)31-35/h1-28,34-36,40-41H,29-33H2. The Hall–Kier alpha value is -5.96. The van der Waals surface area contributed by atoms with E-state index < -0.39 is 0 Å². The SMILES string of the molecule is c1ccc(-c2ccc(N(c3ccc(-c4ccc5c(c4)-c4ccccc4C54C5CC6CC(C5)CC4C6)c4ccccc34)c3cccc4sc5ccccc5c34)cc2)cc1. The lowest BCUT2D eigenvalue weighted by Crippen LogP contribution is -2.55. The first-order valence-corrected chi connectivity index (χ1v) is 22.2. The van der Waals surface area contributed by atoms with Crippen LogP contribution in [0.3, 0.4) is 0 Å². The van der Waals surface area contributed by atoms with E-state index in [9.17, 15) is 0 Å². The van der Waals surface area contributed by atoms with Gasteiger partial charge >= 0.3 is 0 Å². The Balaban J connectivity index is 0.994. The third kappa shape index (κ3) is 4.64. The summed E-state index contributed by atoms with van der Waals surface area (Å²) < 4.78 is 2.62. The third-order valence-electron chi connectivity index (χ3n) is 14.9. The summed E-state index contributed by atoms with van der Waals surface area (Å²) in [4.78, 5) is 2.51. The highest BCUT2D eigenvalue weighted by molar-refractivity contribution is 7.26. The van der Waals surface area contributed by atoms with Crippen molar-refractivity contribution in [3.8, 4) is 33.4 Å². The van der Waals surface area contributed by atoms with Crippen molar-refractivity contribution in [2.24, 2.45) is 23.7 Å². The number of hydrogen-bond acceptors (Lipinski definition) is 2. The number of fused-ring (bicyclic) bond motifs is 7. The van der Waals surface area contributed by atoms with Gasteiger partial charge in [-0.3, -0.25) is 0 Å². The molecule has 4 fully saturated rings. The second-order valence-electron chi connectivity index (χ2n) is 17.7. The van der Waals surface area contributed by atoms with Crippen molar-refractivity contribution in [3.05, 3.63) is 187 Å². The second-order valence-corrected chi connectivity index (χ2v) is 18.7. The van der Waals surface area contributed by atoms with E-state index in [0.717, 1.165) is 29.4 Å². The molecule has 1 heterocycles. The van der Waals surface area contributed by atoms with Crippen LogP contribution in [0.5, 0.6) is 0 Å². The first-order valence-electron chi connectivity index (χ1n) is 21.3. The van der Waals surface area contributed by atoms with Crippen molar-refractivity contribution in [2.75, 3.05) is 4.90 Å². The zero-order valence-electron chi connectivity index (χ0n) is 32.4. The molecule has 278 valence electrons. The fourth-order valence-electron chi connectivity index (χ4n) is 12.8. The number of anilines is 3. The molecule has 58 heavy (non-hydrogen) atoms. The van der Waals surface area contributed by atoms with Gasteiger partial charge in [-0.1, -0.05) is 133 Å². The molecule has 0 amide bonds. The van der Waals surface area contributed by atoms with Gasteiger partial charge in [0, 0.05) is 36.7 Å². The molecule has 1 spiro atoms. The molecule has 9 aromatic rings. The molecule has 4 bridgehead atoms. The highest BCUT2D eigenvalue weighted by atomic mass is 32.1. The molecule has 8 aromatic carbocycles. The molecule has 0 radical (unpaired) electrons. The third-order valence-corrected chi connectivity index (χ3v) is 16.0. The molecule has 0 N–H and O–H groups in total. The van der Waals surface area contributed by atoms with Crippen LogP contribution in [0.15, 0.2) is 176 Å². The summed E-state index contributed by atoms with van der Waals surface area (Å²) in [6.45, 7) is 0. The van der Waals surface area contributed by atoms with Crippen LogP contribution >= 0.6 is 11.3 Å². The van der Waals surface area contributed by atoms with Crippen molar-refractivity contribution in [1.82, 2.24) is 0 Å². The van der Waals surface area contributed by atoms with Gasteiger partial charge in [0.2, 0.25) is 0 Å². The van der Waals surface area contributed by atoms with Crippen LogP contribution in [-0.4, -0.2) is 0 Å². The lowest BCUT2D eigenvalue weighted by atomic mass is 9.43. The van der Waals surface area contributed by atoms with Crippen molar-refractivity contribution in [3.63, 3.8) is 0 Å². The maximum absolute atomic E-state index is 2.57. The van der Waals surface area contributed by atoms with Gasteiger partial charge in [0.25, 0.3) is 0 Å². The van der Waals surface area contributed by atoms with Crippen LogP contribution < -0.4 is 4.90 Å². The van der Waals surface area contributed by atoms with E-state index in [2.05, 4.69) is 181 Å². The van der Waals surface area contributed by atoms with E-state index in [1.54, 1.807) is 11.1 Å². The maximum Gasteiger partial charge on any atom is 0.0555 e. The van der Waals surface area contributed by atoms with Crippen LogP contribution in [0.4, 0.5) is 17.1 Å². The van der Waals surface area contributed by atoms with E-state index in [1.807, 2.05) is 11.3 Å². The Bertz CT molecular complexity index is 3050. The Kier molecular flexibility index (Phi) is 7.13. The predicted octanol–water partition coefficient (Wildman–Crippen LogP) is 15.7. The van der Waals surface area contributed by atoms with Crippen LogP contribution in [0, 0.1) is 23.7 Å². The molecule has 0 aliphatic heterocycles. The lowest BCUT2D eigenvalue weighted by molar-refractivity contribution is -0.0399. The Morgan fingerprint density at radius 2 is 1.05 bits per heavy atom. The second kappa shape index (κ2) is 12.5. The minimum atomic E-state index is 0.188. The zero-order valence-corrected chi connectivity index (χ0v) is 33.3. The summed E-state index contributed by atoms with van der Waals surface area (Å²) in [5.74, 6) is 3.44. The van der Waals surface area contributed by atoms with Gasteiger partial charge in [0.15, 0.2) is 0 Å². The average molecular weight is 762 g/mol. The van der Waals surface area contributed by atoms with Gasteiger partial charge in [-0.25, -0.2) is 0 Å². The van der Waals surface area contributed by atoms with Gasteiger partial charge in [-0.05, 0) is 148 Å². The molecule has 1 nitrogen and oxygen atoms in total. The summed E-state index contributed by atoms with van der Waals surface area (Å²) in [7, 11) is 0. The highest BCUT2D eigenvalue weighted by Crippen LogP contribution is 2.69. The fraction of sp³-hybridized carbons (Fsp3) is 0.179. The summed E-state index contributed by atoms with van der Waals surface area (Å²) in [6, 6.07) is 66.5. The summed E-state index contributed by atoms with van der Waals surface area (Å²) in [6.07, 6.45) is 7.13.